The van der Waals surface area contributed by atoms with Crippen LogP contribution in [0, 0.1) is 5.92 Å². The Morgan fingerprint density at radius 1 is 1.15 bits per heavy atom. The average molecular weight is 306 g/mol. The number of carbonyl (C=O) groups excluding carboxylic acids is 1. The third-order valence-electron chi connectivity index (χ3n) is 3.53. The van der Waals surface area contributed by atoms with E-state index in [2.05, 4.69) is 19.2 Å². The number of amides is 1. The van der Waals surface area contributed by atoms with Gasteiger partial charge in [-0.05, 0) is 12.3 Å². The Bertz CT molecular complexity index is 355. The highest BCUT2D eigenvalue weighted by Crippen LogP contribution is 2.19. The van der Waals surface area contributed by atoms with Crippen LogP contribution in [0.4, 0.5) is 0 Å². The predicted molar refractivity (Wildman–Crippen MR) is 82.8 cm³/mol. The van der Waals surface area contributed by atoms with E-state index in [9.17, 15) is 13.2 Å². The van der Waals surface area contributed by atoms with E-state index in [1.165, 1.54) is 32.1 Å². The summed E-state index contributed by atoms with van der Waals surface area (Å²) >= 11 is 0. The normalized spacial score (nSPS) is 13.2. The van der Waals surface area contributed by atoms with Crippen molar-refractivity contribution in [1.82, 2.24) is 5.32 Å². The van der Waals surface area contributed by atoms with Gasteiger partial charge in [-0.2, -0.15) is 0 Å². The molecule has 0 bridgehead atoms. The van der Waals surface area contributed by atoms with Crippen molar-refractivity contribution < 1.29 is 13.2 Å². The van der Waals surface area contributed by atoms with Crippen molar-refractivity contribution in [2.75, 3.05) is 12.3 Å². The van der Waals surface area contributed by atoms with Gasteiger partial charge < -0.3 is 5.32 Å². The van der Waals surface area contributed by atoms with Crippen LogP contribution in [0.15, 0.2) is 0 Å². The van der Waals surface area contributed by atoms with Crippen molar-refractivity contribution in [3.05, 3.63) is 0 Å². The molecule has 0 saturated heterocycles. The minimum Gasteiger partial charge on any atom is -0.355 e. The highest BCUT2D eigenvalue weighted by atomic mass is 32.2. The minimum atomic E-state index is -3.49. The quantitative estimate of drug-likeness (QED) is 0.541. The maximum Gasteiger partial charge on any atom is 0.220 e. The molecule has 0 aliphatic heterocycles. The molecule has 0 spiro atoms. The molecule has 20 heavy (non-hydrogen) atoms. The summed E-state index contributed by atoms with van der Waals surface area (Å²) in [4.78, 5) is 11.6. The summed E-state index contributed by atoms with van der Waals surface area (Å²) in [5.41, 5.74) is 0. The van der Waals surface area contributed by atoms with Gasteiger partial charge in [0.05, 0.1) is 5.75 Å². The van der Waals surface area contributed by atoms with Crippen molar-refractivity contribution >= 4 is 15.9 Å². The molecule has 3 N–H and O–H groups in total. The zero-order valence-corrected chi connectivity index (χ0v) is 13.7. The van der Waals surface area contributed by atoms with Gasteiger partial charge in [0.25, 0.3) is 0 Å². The van der Waals surface area contributed by atoms with E-state index in [-0.39, 0.29) is 18.2 Å². The smallest absolute Gasteiger partial charge is 0.220 e. The molecule has 0 fully saturated rings. The summed E-state index contributed by atoms with van der Waals surface area (Å²) in [6.45, 7) is 4.46. The summed E-state index contributed by atoms with van der Waals surface area (Å²) in [6.07, 6.45) is 8.65. The average Bonchev–Trinajstić information content (AvgIpc) is 2.36. The monoisotopic (exact) mass is 306 g/mol. The number of unbranched alkanes of at least 4 members (excludes halogenated alkanes) is 3. The van der Waals surface area contributed by atoms with Crippen LogP contribution in [0.1, 0.15) is 65.2 Å². The predicted octanol–water partition coefficient (Wildman–Crippen LogP) is 2.17. The molecule has 5 nitrogen and oxygen atoms in total. The van der Waals surface area contributed by atoms with Gasteiger partial charge in [-0.1, -0.05) is 52.4 Å². The van der Waals surface area contributed by atoms with E-state index in [1.54, 1.807) is 0 Å². The molecule has 0 aliphatic carbocycles. The fourth-order valence-electron chi connectivity index (χ4n) is 2.17. The van der Waals surface area contributed by atoms with E-state index >= 15 is 0 Å². The molecule has 0 heterocycles. The van der Waals surface area contributed by atoms with Crippen molar-refractivity contribution in [2.45, 2.75) is 65.2 Å². The fraction of sp³-hybridized carbons (Fsp3) is 0.929. The molecule has 6 heteroatoms. The Balaban J connectivity index is 3.73. The summed E-state index contributed by atoms with van der Waals surface area (Å²) in [5, 5.41) is 7.46. The third kappa shape index (κ3) is 12.4. The Labute approximate surface area is 123 Å². The zero-order chi connectivity index (χ0) is 15.4. The first-order valence-electron chi connectivity index (χ1n) is 7.66. The lowest BCUT2D eigenvalue weighted by molar-refractivity contribution is -0.121. The maximum atomic E-state index is 11.6. The molecule has 1 amide bonds. The number of sulfonamides is 1. The van der Waals surface area contributed by atoms with Crippen LogP contribution in [0.5, 0.6) is 0 Å². The minimum absolute atomic E-state index is 0.0827. The highest BCUT2D eigenvalue weighted by Gasteiger charge is 2.10. The molecule has 0 aliphatic rings. The Kier molecular flexibility index (Phi) is 10.7. The van der Waals surface area contributed by atoms with Gasteiger partial charge in [-0.3, -0.25) is 4.79 Å². The number of nitrogens with two attached hydrogens (primary N) is 1. The first-order valence-corrected chi connectivity index (χ1v) is 9.37. The molecule has 0 aromatic rings. The lowest BCUT2D eigenvalue weighted by atomic mass is 9.93. The van der Waals surface area contributed by atoms with Crippen molar-refractivity contribution in [3.63, 3.8) is 0 Å². The van der Waals surface area contributed by atoms with E-state index in [4.69, 9.17) is 5.14 Å². The number of carbonyl (C=O) groups is 1. The summed E-state index contributed by atoms with van der Waals surface area (Å²) in [7, 11) is -3.49. The zero-order valence-electron chi connectivity index (χ0n) is 12.9. The first-order chi connectivity index (χ1) is 9.39. The molecule has 0 saturated carbocycles. The van der Waals surface area contributed by atoms with Crippen LogP contribution in [0.25, 0.3) is 0 Å². The highest BCUT2D eigenvalue weighted by molar-refractivity contribution is 7.89. The lowest BCUT2D eigenvalue weighted by Crippen LogP contribution is -2.31. The largest absolute Gasteiger partial charge is 0.355 e. The standard InChI is InChI=1S/C14H30N2O3S/c1-3-5-6-7-8-13(4-2)9-10-14(17)16-11-12-20(15,18)19/h13H,3-12H2,1-2H3,(H,16,17)(H2,15,18,19). The number of hydrogen-bond acceptors (Lipinski definition) is 3. The first kappa shape index (κ1) is 19.4. The second-order valence-electron chi connectivity index (χ2n) is 5.38. The second-order valence-corrected chi connectivity index (χ2v) is 7.11. The Morgan fingerprint density at radius 2 is 1.85 bits per heavy atom. The SMILES string of the molecule is CCCCCCC(CC)CCC(=O)NCCS(N)(=O)=O. The van der Waals surface area contributed by atoms with Crippen molar-refractivity contribution in [1.29, 1.82) is 0 Å². The molecular formula is C14H30N2O3S. The third-order valence-corrected chi connectivity index (χ3v) is 4.30. The van der Waals surface area contributed by atoms with Gasteiger partial charge in [0.2, 0.25) is 15.9 Å². The van der Waals surface area contributed by atoms with E-state index in [0.717, 1.165) is 12.8 Å². The molecule has 0 aromatic heterocycles. The Morgan fingerprint density at radius 3 is 2.40 bits per heavy atom. The summed E-state index contributed by atoms with van der Waals surface area (Å²) < 4.78 is 21.4. The molecule has 120 valence electrons. The summed E-state index contributed by atoms with van der Waals surface area (Å²) in [5.74, 6) is 0.309. The Hall–Kier alpha value is -0.620. The van der Waals surface area contributed by atoms with E-state index in [1.807, 2.05) is 0 Å². The van der Waals surface area contributed by atoms with E-state index in [0.29, 0.717) is 12.3 Å². The van der Waals surface area contributed by atoms with Gasteiger partial charge in [0, 0.05) is 13.0 Å². The van der Waals surface area contributed by atoms with Crippen LogP contribution in [-0.2, 0) is 14.8 Å². The molecule has 1 unspecified atom stereocenters. The summed E-state index contributed by atoms with van der Waals surface area (Å²) in [6, 6.07) is 0. The fourth-order valence-corrected chi connectivity index (χ4v) is 2.56. The van der Waals surface area contributed by atoms with Crippen LogP contribution in [0.2, 0.25) is 0 Å². The molecule has 0 rings (SSSR count). The van der Waals surface area contributed by atoms with Gasteiger partial charge >= 0.3 is 0 Å². The van der Waals surface area contributed by atoms with Crippen LogP contribution >= 0.6 is 0 Å². The van der Waals surface area contributed by atoms with Gasteiger partial charge in [0.15, 0.2) is 0 Å². The van der Waals surface area contributed by atoms with Crippen LogP contribution < -0.4 is 10.5 Å². The van der Waals surface area contributed by atoms with Crippen LogP contribution in [-0.4, -0.2) is 26.6 Å². The van der Waals surface area contributed by atoms with Gasteiger partial charge in [-0.25, -0.2) is 13.6 Å². The topological polar surface area (TPSA) is 89.3 Å². The molecule has 0 radical (unpaired) electrons. The molecular weight excluding hydrogens is 276 g/mol. The number of primary sulfonamides is 1. The lowest BCUT2D eigenvalue weighted by Gasteiger charge is -2.14. The van der Waals surface area contributed by atoms with Crippen LogP contribution in [0.3, 0.4) is 0 Å². The van der Waals surface area contributed by atoms with Gasteiger partial charge in [0.1, 0.15) is 0 Å². The molecule has 1 atom stereocenters. The van der Waals surface area contributed by atoms with Gasteiger partial charge in [-0.15, -0.1) is 0 Å². The van der Waals surface area contributed by atoms with Crippen molar-refractivity contribution in [2.24, 2.45) is 11.1 Å². The number of hydrogen-bond donors (Lipinski definition) is 2. The van der Waals surface area contributed by atoms with Crippen molar-refractivity contribution in [3.8, 4) is 0 Å². The number of nitrogens with one attached hydrogen (secondary N) is 1. The number of rotatable bonds is 12. The molecule has 0 aromatic carbocycles. The maximum absolute atomic E-state index is 11.6. The van der Waals surface area contributed by atoms with E-state index < -0.39 is 10.0 Å². The second kappa shape index (κ2) is 11.1.